The number of hydrogen-bond acceptors (Lipinski definition) is 5. The minimum atomic E-state index is -0.662. The van der Waals surface area contributed by atoms with E-state index in [2.05, 4.69) is 20.9 Å². The number of anilines is 1. The minimum absolute atomic E-state index is 0.114. The lowest BCUT2D eigenvalue weighted by Crippen LogP contribution is -2.52. The number of nitrogens with two attached hydrogens (primary N) is 1. The average Bonchev–Trinajstić information content (AvgIpc) is 3.15. The van der Waals surface area contributed by atoms with Gasteiger partial charge in [0.15, 0.2) is 0 Å². The second kappa shape index (κ2) is 9.08. The Morgan fingerprint density at radius 3 is 2.90 bits per heavy atom. The van der Waals surface area contributed by atoms with Crippen LogP contribution in [0.1, 0.15) is 42.6 Å². The Labute approximate surface area is 186 Å². The van der Waals surface area contributed by atoms with Gasteiger partial charge in [0.25, 0.3) is 0 Å². The summed E-state index contributed by atoms with van der Waals surface area (Å²) in [5.74, 6) is 0.0255. The molecule has 0 fully saturated rings. The Bertz CT molecular complexity index is 1040. The SMILES string of the molecule is C[C@H](NC(=O)C1C=C(c2cccc(Cl)c2)CCN1)C(=O)N[C@@H]1CCc2nc(N)ccc21. The molecule has 0 saturated heterocycles. The van der Waals surface area contributed by atoms with E-state index in [9.17, 15) is 9.59 Å². The lowest BCUT2D eigenvalue weighted by atomic mass is 9.97. The van der Waals surface area contributed by atoms with E-state index in [4.69, 9.17) is 17.3 Å². The molecule has 162 valence electrons. The van der Waals surface area contributed by atoms with Crippen molar-refractivity contribution >= 4 is 34.8 Å². The van der Waals surface area contributed by atoms with Gasteiger partial charge in [-0.2, -0.15) is 0 Å². The summed E-state index contributed by atoms with van der Waals surface area (Å²) in [6, 6.07) is 9.97. The Morgan fingerprint density at radius 2 is 2.10 bits per heavy atom. The van der Waals surface area contributed by atoms with Gasteiger partial charge in [-0.15, -0.1) is 0 Å². The van der Waals surface area contributed by atoms with E-state index < -0.39 is 12.1 Å². The standard InChI is InChI=1S/C23H26ClN5O2/c1-13(22(30)29-19-7-6-18-17(19)5-8-21(25)28-18)27-23(31)20-12-15(9-10-26-20)14-3-2-4-16(24)11-14/h2-5,8,11-13,19-20,26H,6-7,9-10H2,1H3,(H2,25,28)(H,27,31)(H,29,30)/t13-,19+,20?/m0/s1. The van der Waals surface area contributed by atoms with Gasteiger partial charge < -0.3 is 21.7 Å². The zero-order chi connectivity index (χ0) is 22.0. The molecule has 1 aliphatic carbocycles. The van der Waals surface area contributed by atoms with Gasteiger partial charge in [-0.1, -0.05) is 35.9 Å². The zero-order valence-corrected chi connectivity index (χ0v) is 18.1. The van der Waals surface area contributed by atoms with E-state index in [0.29, 0.717) is 17.4 Å². The molecule has 1 unspecified atom stereocenters. The maximum absolute atomic E-state index is 12.8. The summed E-state index contributed by atoms with van der Waals surface area (Å²) in [6.07, 6.45) is 4.25. The number of benzene rings is 1. The van der Waals surface area contributed by atoms with Crippen LogP contribution in [0.15, 0.2) is 42.5 Å². The van der Waals surface area contributed by atoms with Crippen LogP contribution in [0, 0.1) is 0 Å². The molecule has 0 spiro atoms. The summed E-state index contributed by atoms with van der Waals surface area (Å²) in [5.41, 5.74) is 9.72. The number of nitrogens with one attached hydrogen (secondary N) is 3. The maximum atomic E-state index is 12.8. The van der Waals surface area contributed by atoms with E-state index in [-0.39, 0.29) is 17.9 Å². The topological polar surface area (TPSA) is 109 Å². The van der Waals surface area contributed by atoms with E-state index in [1.165, 1.54) is 0 Å². The minimum Gasteiger partial charge on any atom is -0.384 e. The molecule has 0 saturated carbocycles. The number of nitrogen functional groups attached to an aromatic ring is 1. The summed E-state index contributed by atoms with van der Waals surface area (Å²) < 4.78 is 0. The molecule has 5 N–H and O–H groups in total. The molecule has 4 rings (SSSR count). The van der Waals surface area contributed by atoms with Crippen LogP contribution in [0.5, 0.6) is 0 Å². The Balaban J connectivity index is 1.37. The summed E-state index contributed by atoms with van der Waals surface area (Å²) in [6.45, 7) is 2.36. The second-order valence-corrected chi connectivity index (χ2v) is 8.42. The third-order valence-corrected chi connectivity index (χ3v) is 5.98. The Hall–Kier alpha value is -2.90. The molecule has 8 heteroatoms. The van der Waals surface area contributed by atoms with Crippen molar-refractivity contribution < 1.29 is 9.59 Å². The number of pyridine rings is 1. The first kappa shape index (κ1) is 21.3. The zero-order valence-electron chi connectivity index (χ0n) is 17.3. The summed E-state index contributed by atoms with van der Waals surface area (Å²) in [4.78, 5) is 29.8. The highest BCUT2D eigenvalue weighted by molar-refractivity contribution is 6.30. The van der Waals surface area contributed by atoms with E-state index in [0.717, 1.165) is 41.7 Å². The number of rotatable bonds is 5. The highest BCUT2D eigenvalue weighted by atomic mass is 35.5. The van der Waals surface area contributed by atoms with Gasteiger partial charge in [0.2, 0.25) is 11.8 Å². The molecule has 3 atom stereocenters. The number of hydrogen-bond donors (Lipinski definition) is 4. The monoisotopic (exact) mass is 439 g/mol. The molecule has 2 amide bonds. The van der Waals surface area contributed by atoms with Gasteiger partial charge in [-0.05, 0) is 61.1 Å². The van der Waals surface area contributed by atoms with Crippen molar-refractivity contribution in [2.45, 2.75) is 44.3 Å². The van der Waals surface area contributed by atoms with Crippen molar-refractivity contribution in [2.75, 3.05) is 12.3 Å². The second-order valence-electron chi connectivity index (χ2n) is 7.99. The van der Waals surface area contributed by atoms with Gasteiger partial charge in [-0.25, -0.2) is 4.98 Å². The number of halogens is 1. The predicted molar refractivity (Wildman–Crippen MR) is 121 cm³/mol. The van der Waals surface area contributed by atoms with Crippen molar-refractivity contribution in [1.29, 1.82) is 0 Å². The summed E-state index contributed by atoms with van der Waals surface area (Å²) in [7, 11) is 0. The number of fused-ring (bicyclic) bond motifs is 1. The van der Waals surface area contributed by atoms with Crippen LogP contribution >= 0.6 is 11.6 Å². The molecule has 2 heterocycles. The van der Waals surface area contributed by atoms with Crippen LogP contribution < -0.4 is 21.7 Å². The number of carbonyl (C=O) groups excluding carboxylic acids is 2. The molecule has 1 aliphatic heterocycles. The molecule has 1 aromatic heterocycles. The van der Waals surface area contributed by atoms with E-state index >= 15 is 0 Å². The molecule has 2 aromatic rings. The third-order valence-electron chi connectivity index (χ3n) is 5.75. The van der Waals surface area contributed by atoms with Gasteiger partial charge >= 0.3 is 0 Å². The van der Waals surface area contributed by atoms with Crippen molar-refractivity contribution in [1.82, 2.24) is 20.9 Å². The van der Waals surface area contributed by atoms with Crippen LogP contribution in [-0.2, 0) is 16.0 Å². The van der Waals surface area contributed by atoms with Gasteiger partial charge in [0, 0.05) is 17.3 Å². The lowest BCUT2D eigenvalue weighted by Gasteiger charge is -2.25. The number of aromatic nitrogens is 1. The first-order valence-corrected chi connectivity index (χ1v) is 10.8. The average molecular weight is 440 g/mol. The maximum Gasteiger partial charge on any atom is 0.242 e. The van der Waals surface area contributed by atoms with Gasteiger partial charge in [0.1, 0.15) is 17.9 Å². The molecule has 31 heavy (non-hydrogen) atoms. The van der Waals surface area contributed by atoms with Crippen LogP contribution in [0.4, 0.5) is 5.82 Å². The normalized spacial score (nSPS) is 21.0. The summed E-state index contributed by atoms with van der Waals surface area (Å²) >= 11 is 6.10. The van der Waals surface area contributed by atoms with Crippen molar-refractivity contribution in [3.05, 3.63) is 64.3 Å². The van der Waals surface area contributed by atoms with E-state index in [1.807, 2.05) is 36.4 Å². The Morgan fingerprint density at radius 1 is 1.26 bits per heavy atom. The molecule has 1 aromatic carbocycles. The first-order valence-electron chi connectivity index (χ1n) is 10.5. The van der Waals surface area contributed by atoms with Gasteiger partial charge in [-0.3, -0.25) is 9.59 Å². The third kappa shape index (κ3) is 4.89. The highest BCUT2D eigenvalue weighted by Gasteiger charge is 2.28. The number of aryl methyl sites for hydroxylation is 1. The molecule has 2 aliphatic rings. The number of amides is 2. The lowest BCUT2D eigenvalue weighted by molar-refractivity contribution is -0.129. The van der Waals surface area contributed by atoms with Crippen LogP contribution in [-0.4, -0.2) is 35.4 Å². The molecule has 0 bridgehead atoms. The molecular formula is C23H26ClN5O2. The first-order chi connectivity index (χ1) is 14.9. The van der Waals surface area contributed by atoms with Crippen molar-refractivity contribution in [3.8, 4) is 0 Å². The van der Waals surface area contributed by atoms with Crippen LogP contribution in [0.2, 0.25) is 5.02 Å². The molecule has 7 nitrogen and oxygen atoms in total. The highest BCUT2D eigenvalue weighted by Crippen LogP contribution is 2.30. The largest absolute Gasteiger partial charge is 0.384 e. The summed E-state index contributed by atoms with van der Waals surface area (Å²) in [5, 5.41) is 9.70. The Kier molecular flexibility index (Phi) is 6.25. The van der Waals surface area contributed by atoms with Crippen LogP contribution in [0.3, 0.4) is 0 Å². The predicted octanol–water partition coefficient (Wildman–Crippen LogP) is 2.37. The smallest absolute Gasteiger partial charge is 0.242 e. The number of nitrogens with zero attached hydrogens (tertiary/aromatic N) is 1. The van der Waals surface area contributed by atoms with Gasteiger partial charge in [0.05, 0.1) is 6.04 Å². The van der Waals surface area contributed by atoms with Crippen molar-refractivity contribution in [2.24, 2.45) is 0 Å². The van der Waals surface area contributed by atoms with E-state index in [1.54, 1.807) is 13.0 Å². The fraction of sp³-hybridized carbons (Fsp3) is 0.348. The van der Waals surface area contributed by atoms with Crippen molar-refractivity contribution in [3.63, 3.8) is 0 Å². The molecule has 0 radical (unpaired) electrons. The number of carbonyl (C=O) groups is 2. The fourth-order valence-electron chi connectivity index (χ4n) is 4.10. The quantitative estimate of drug-likeness (QED) is 0.572. The van der Waals surface area contributed by atoms with Crippen LogP contribution in [0.25, 0.3) is 5.57 Å². The molecular weight excluding hydrogens is 414 g/mol. The fourth-order valence-corrected chi connectivity index (χ4v) is 4.29.